The van der Waals surface area contributed by atoms with E-state index >= 15 is 0 Å². The summed E-state index contributed by atoms with van der Waals surface area (Å²) in [6.45, 7) is -0.277. The minimum absolute atomic E-state index is 0.00173. The van der Waals surface area contributed by atoms with Crippen LogP contribution in [0.2, 0.25) is 0 Å². The Morgan fingerprint density at radius 3 is 1.22 bits per heavy atom. The summed E-state index contributed by atoms with van der Waals surface area (Å²) in [5.41, 5.74) is 2.49. The van der Waals surface area contributed by atoms with Gasteiger partial charge < -0.3 is 71.0 Å². The maximum Gasteiger partial charge on any atom is 0.132 e. The summed E-state index contributed by atoms with van der Waals surface area (Å²) in [6, 6.07) is 0. The maximum absolute atomic E-state index is 10.4. The molecule has 0 aliphatic carbocycles. The molecule has 0 spiro atoms. The summed E-state index contributed by atoms with van der Waals surface area (Å²) in [4.78, 5) is 0. The third-order valence-corrected chi connectivity index (χ3v) is 10.1. The van der Waals surface area contributed by atoms with Crippen molar-refractivity contribution in [3.05, 3.63) is 0 Å². The van der Waals surface area contributed by atoms with Gasteiger partial charge in [-0.15, -0.1) is 35.3 Å². The lowest BCUT2D eigenvalue weighted by Crippen LogP contribution is -2.60. The van der Waals surface area contributed by atoms with Gasteiger partial charge in [0.1, 0.15) is 77.3 Å². The fraction of sp³-hybridized carbons (Fsp3) is 1.00. The maximum atomic E-state index is 10.4. The molecule has 218 valence electrons. The van der Waals surface area contributed by atoms with Crippen LogP contribution in [0.1, 0.15) is 0 Å². The molecular formula is C20H37NO13S3. The molecule has 0 saturated carbocycles. The Hall–Kier alpha value is 0.490. The van der Waals surface area contributed by atoms with Crippen molar-refractivity contribution < 1.29 is 65.3 Å². The largest absolute Gasteiger partial charge is 0.394 e. The first-order valence-corrected chi connectivity index (χ1v) is 14.9. The smallest absolute Gasteiger partial charge is 0.132 e. The molecule has 3 fully saturated rings. The van der Waals surface area contributed by atoms with Crippen LogP contribution in [0.3, 0.4) is 0 Å². The van der Waals surface area contributed by atoms with Crippen LogP contribution in [0.5, 0.6) is 0 Å². The van der Waals surface area contributed by atoms with E-state index in [9.17, 15) is 51.1 Å². The van der Waals surface area contributed by atoms with Gasteiger partial charge in [-0.2, -0.15) is 0 Å². The molecule has 14 nitrogen and oxygen atoms in total. The van der Waals surface area contributed by atoms with Crippen molar-refractivity contribution in [2.75, 3.05) is 30.4 Å². The zero-order valence-electron chi connectivity index (χ0n) is 19.7. The number of ether oxygens (including phenoxy) is 3. The fourth-order valence-electron chi connectivity index (χ4n) is 4.15. The first-order valence-electron chi connectivity index (χ1n) is 11.8. The molecule has 3 saturated heterocycles. The number of aliphatic hydroxyl groups excluding tert-OH is 10. The van der Waals surface area contributed by atoms with Gasteiger partial charge in [-0.1, -0.05) is 0 Å². The zero-order chi connectivity index (χ0) is 27.4. The lowest BCUT2D eigenvalue weighted by molar-refractivity contribution is -0.206. The van der Waals surface area contributed by atoms with Crippen LogP contribution in [0.4, 0.5) is 0 Å². The van der Waals surface area contributed by atoms with E-state index in [1.807, 2.05) is 0 Å². The average Bonchev–Trinajstić information content (AvgIpc) is 2.89. The minimum Gasteiger partial charge on any atom is -0.394 e. The number of hydrogen-bond donors (Lipinski definition) is 11. The van der Waals surface area contributed by atoms with E-state index in [4.69, 9.17) is 19.9 Å². The van der Waals surface area contributed by atoms with Crippen LogP contribution in [0, 0.1) is 0 Å². The number of thioether (sulfide) groups is 3. The lowest BCUT2D eigenvalue weighted by Gasteiger charge is -2.43. The highest BCUT2D eigenvalue weighted by Crippen LogP contribution is 2.36. The lowest BCUT2D eigenvalue weighted by atomic mass is 10.0. The van der Waals surface area contributed by atoms with Gasteiger partial charge in [-0.25, -0.2) is 0 Å². The Kier molecular flexibility index (Phi) is 12.5. The van der Waals surface area contributed by atoms with Crippen molar-refractivity contribution in [1.82, 2.24) is 0 Å². The van der Waals surface area contributed by atoms with Crippen molar-refractivity contribution in [3.8, 4) is 0 Å². The highest BCUT2D eigenvalue weighted by Gasteiger charge is 2.48. The monoisotopic (exact) mass is 595 g/mol. The van der Waals surface area contributed by atoms with Gasteiger partial charge in [-0.05, 0) is 0 Å². The van der Waals surface area contributed by atoms with E-state index < -0.39 is 96.2 Å². The molecule has 3 aliphatic rings. The second-order valence-corrected chi connectivity index (χ2v) is 12.5. The van der Waals surface area contributed by atoms with Crippen molar-refractivity contribution in [1.29, 1.82) is 0 Å². The summed E-state index contributed by atoms with van der Waals surface area (Å²) in [5, 5.41) is 101. The Balaban J connectivity index is 1.59. The van der Waals surface area contributed by atoms with Crippen LogP contribution in [-0.4, -0.2) is 171 Å². The Bertz CT molecular complexity index is 702. The van der Waals surface area contributed by atoms with Crippen LogP contribution >= 0.6 is 35.3 Å². The van der Waals surface area contributed by atoms with Crippen molar-refractivity contribution in [2.24, 2.45) is 5.73 Å². The molecule has 0 aromatic heterocycles. The second-order valence-electron chi connectivity index (χ2n) is 9.05. The molecule has 3 heterocycles. The third-order valence-electron chi connectivity index (χ3n) is 6.43. The molecule has 3 aliphatic heterocycles. The standard InChI is InChI=1S/C20H37NO13S3/c21-1-2-35-18-15(29)13(27)10(24)7(33-18)4-37-20-17(31)14(28)11(25)8(34-20)5-36-19-16(30)12(26)9(23)6(3-22)32-19/h6-20,22-31H,1-5,21H2/t6-,7-,8-,9-,10-,11-,12+,13+,14+,15-,16-,17-,18+,19+,20+/m1/s1. The quantitative estimate of drug-likeness (QED) is 0.113. The predicted molar refractivity (Wildman–Crippen MR) is 134 cm³/mol. The normalized spacial score (nSPS) is 49.2. The van der Waals surface area contributed by atoms with E-state index in [0.717, 1.165) is 23.5 Å². The van der Waals surface area contributed by atoms with E-state index in [1.54, 1.807) is 0 Å². The predicted octanol–water partition coefficient (Wildman–Crippen LogP) is -5.44. The summed E-state index contributed by atoms with van der Waals surface area (Å²) < 4.78 is 16.9. The number of nitrogens with two attached hydrogens (primary N) is 1. The zero-order valence-corrected chi connectivity index (χ0v) is 22.1. The molecule has 12 N–H and O–H groups in total. The topological polar surface area (TPSA) is 256 Å². The minimum atomic E-state index is -1.59. The fourth-order valence-corrected chi connectivity index (χ4v) is 7.57. The number of rotatable bonds is 10. The SMILES string of the molecule is NCCS[C@@H]1O[C@H](CS[C@@H]2O[C@H](CS[C@@H]3O[C@H](CO)[C@@H](O)[C@H](O)[C@H]3O)[C@@H](O)[C@H](O)[C@H]2O)[C@@H](O)[C@H](O)[C@H]1O. The van der Waals surface area contributed by atoms with E-state index in [0.29, 0.717) is 12.3 Å². The molecule has 0 bridgehead atoms. The van der Waals surface area contributed by atoms with Gasteiger partial charge in [0.15, 0.2) is 0 Å². The molecule has 0 aromatic carbocycles. The van der Waals surface area contributed by atoms with E-state index in [2.05, 4.69) is 0 Å². The summed E-state index contributed by atoms with van der Waals surface area (Å²) in [7, 11) is 0. The van der Waals surface area contributed by atoms with Crippen molar-refractivity contribution >= 4 is 35.3 Å². The van der Waals surface area contributed by atoms with Gasteiger partial charge in [0.2, 0.25) is 0 Å². The van der Waals surface area contributed by atoms with Crippen LogP contribution in [0.25, 0.3) is 0 Å². The molecule has 17 heteroatoms. The molecule has 3 rings (SSSR count). The van der Waals surface area contributed by atoms with Crippen molar-refractivity contribution in [3.63, 3.8) is 0 Å². The molecule has 0 amide bonds. The summed E-state index contributed by atoms with van der Waals surface area (Å²) >= 11 is 3.08. The molecule has 37 heavy (non-hydrogen) atoms. The Morgan fingerprint density at radius 2 is 0.838 bits per heavy atom. The van der Waals surface area contributed by atoms with Gasteiger partial charge >= 0.3 is 0 Å². The van der Waals surface area contributed by atoms with Gasteiger partial charge in [0.25, 0.3) is 0 Å². The van der Waals surface area contributed by atoms with E-state index in [-0.39, 0.29) is 11.5 Å². The van der Waals surface area contributed by atoms with Crippen LogP contribution in [-0.2, 0) is 14.2 Å². The third kappa shape index (κ3) is 7.42. The second kappa shape index (κ2) is 14.4. The number of hydrogen-bond acceptors (Lipinski definition) is 17. The molecule has 15 atom stereocenters. The molecular weight excluding hydrogens is 558 g/mol. The first kappa shape index (κ1) is 32.0. The molecule has 0 radical (unpaired) electrons. The van der Waals surface area contributed by atoms with Crippen molar-refractivity contribution in [2.45, 2.75) is 89.6 Å². The summed E-state index contributed by atoms with van der Waals surface area (Å²) in [6.07, 6.45) is -16.5. The van der Waals surface area contributed by atoms with Crippen LogP contribution < -0.4 is 5.73 Å². The first-order chi connectivity index (χ1) is 17.5. The molecule has 0 unspecified atom stereocenters. The van der Waals surface area contributed by atoms with Gasteiger partial charge in [0.05, 0.1) is 18.8 Å². The Morgan fingerprint density at radius 1 is 0.486 bits per heavy atom. The van der Waals surface area contributed by atoms with Crippen LogP contribution in [0.15, 0.2) is 0 Å². The highest BCUT2D eigenvalue weighted by atomic mass is 32.2. The molecule has 0 aromatic rings. The van der Waals surface area contributed by atoms with Gasteiger partial charge in [0, 0.05) is 23.8 Å². The Labute approximate surface area is 226 Å². The highest BCUT2D eigenvalue weighted by molar-refractivity contribution is 8.00. The van der Waals surface area contributed by atoms with E-state index in [1.165, 1.54) is 11.8 Å². The average molecular weight is 596 g/mol. The number of aliphatic hydroxyl groups is 10. The summed E-state index contributed by atoms with van der Waals surface area (Å²) in [5.74, 6) is 0.393. The van der Waals surface area contributed by atoms with Gasteiger partial charge in [-0.3, -0.25) is 0 Å².